The molecule has 0 aliphatic carbocycles. The van der Waals surface area contributed by atoms with Crippen molar-refractivity contribution < 1.29 is 42.7 Å². The van der Waals surface area contributed by atoms with Crippen LogP contribution in [0.1, 0.15) is 39.2 Å². The lowest BCUT2D eigenvalue weighted by molar-refractivity contribution is -0.192. The second-order valence-electron chi connectivity index (χ2n) is 8.49. The number of nitrogens with zero attached hydrogens (tertiary/aromatic N) is 4. The molecule has 32 heavy (non-hydrogen) atoms. The van der Waals surface area contributed by atoms with E-state index in [0.29, 0.717) is 22.7 Å². The van der Waals surface area contributed by atoms with Gasteiger partial charge in [-0.2, -0.15) is 4.31 Å². The van der Waals surface area contributed by atoms with Gasteiger partial charge in [0.05, 0.1) is 18.6 Å². The van der Waals surface area contributed by atoms with Crippen LogP contribution >= 0.6 is 15.6 Å². The second kappa shape index (κ2) is 7.34. The second-order valence-corrected chi connectivity index (χ2v) is 11.5. The number of ether oxygens (including phenoxy) is 1. The van der Waals surface area contributed by atoms with E-state index >= 15 is 0 Å². The Morgan fingerprint density at radius 2 is 1.72 bits per heavy atom. The van der Waals surface area contributed by atoms with Crippen LogP contribution in [0.5, 0.6) is 0 Å². The molecule has 1 saturated heterocycles. The maximum Gasteiger partial charge on any atom is 0.480 e. The summed E-state index contributed by atoms with van der Waals surface area (Å²) in [5.74, 6) is 0.449. The lowest BCUT2D eigenvalue weighted by Gasteiger charge is -2.42. The number of hydrogen-bond donors (Lipinski definition) is 5. The van der Waals surface area contributed by atoms with Crippen LogP contribution in [0.25, 0.3) is 11.2 Å². The van der Waals surface area contributed by atoms with Crippen LogP contribution in [0.2, 0.25) is 0 Å². The van der Waals surface area contributed by atoms with Crippen molar-refractivity contribution in [2.45, 2.75) is 64.1 Å². The highest BCUT2D eigenvalue weighted by atomic mass is 31.3. The number of rotatable bonds is 6. The van der Waals surface area contributed by atoms with Crippen LogP contribution in [-0.4, -0.2) is 62.9 Å². The SMILES string of the molecule is Cc1nc(C)c2ncn(C3(C)OC(C)(COP(=O)(O)OP(N)(=O)O)C(C)(O)C3(C)O)c2n1. The van der Waals surface area contributed by atoms with Gasteiger partial charge in [0.2, 0.25) is 0 Å². The van der Waals surface area contributed by atoms with Crippen LogP contribution in [0.3, 0.4) is 0 Å². The number of aryl methyl sites for hydroxylation is 2. The number of imidazole rings is 1. The normalized spacial score (nSPS) is 36.8. The Bertz CT molecular complexity index is 1160. The molecule has 0 aromatic carbocycles. The number of hydrogen-bond acceptors (Lipinski definition) is 10. The Kier molecular flexibility index (Phi) is 5.81. The lowest BCUT2D eigenvalue weighted by atomic mass is 9.73. The summed E-state index contributed by atoms with van der Waals surface area (Å²) in [4.78, 5) is 31.6. The molecule has 6 N–H and O–H groups in total. The van der Waals surface area contributed by atoms with Gasteiger partial charge in [0, 0.05) is 0 Å². The van der Waals surface area contributed by atoms with Crippen LogP contribution < -0.4 is 5.50 Å². The first kappa shape index (κ1) is 25.3. The molecule has 1 aliphatic heterocycles. The third-order valence-corrected chi connectivity index (χ3v) is 8.39. The van der Waals surface area contributed by atoms with E-state index in [4.69, 9.17) is 19.7 Å². The molecule has 0 amide bonds. The summed E-state index contributed by atoms with van der Waals surface area (Å²) in [6.07, 6.45) is 1.37. The molecule has 0 bridgehead atoms. The topological polar surface area (TPSA) is 212 Å². The third kappa shape index (κ3) is 3.84. The van der Waals surface area contributed by atoms with Gasteiger partial charge in [-0.15, -0.1) is 0 Å². The van der Waals surface area contributed by atoms with Crippen molar-refractivity contribution in [3.63, 3.8) is 0 Å². The van der Waals surface area contributed by atoms with E-state index in [1.54, 1.807) is 13.8 Å². The fraction of sp³-hybridized carbons (Fsp3) is 0.688. The number of aromatic nitrogens is 4. The molecule has 1 aliphatic rings. The highest BCUT2D eigenvalue weighted by Crippen LogP contribution is 2.59. The van der Waals surface area contributed by atoms with E-state index in [1.165, 1.54) is 38.6 Å². The molecule has 1 fully saturated rings. The van der Waals surface area contributed by atoms with E-state index in [2.05, 4.69) is 19.3 Å². The average Bonchev–Trinajstić information content (AvgIpc) is 3.05. The van der Waals surface area contributed by atoms with Gasteiger partial charge in [-0.3, -0.25) is 9.09 Å². The predicted octanol–water partition coefficient (Wildman–Crippen LogP) is 0.599. The highest BCUT2D eigenvalue weighted by molar-refractivity contribution is 7.62. The van der Waals surface area contributed by atoms with Gasteiger partial charge in [-0.1, -0.05) is 0 Å². The molecule has 16 heteroatoms. The molecule has 0 spiro atoms. The standard InChI is InChI=1S/C16H27N5O9P2/c1-9-11-12(20-10(2)19-9)21(8-18-11)16(6)15(5,23)14(4,22)13(3,29-16)7-28-32(26,27)30-31(17,24)25/h8,22-23H,7H2,1-6H3,(H,26,27)(H3,17,24,25). The number of phosphoric ester groups is 1. The zero-order valence-corrected chi connectivity index (χ0v) is 20.2. The molecule has 6 atom stereocenters. The van der Waals surface area contributed by atoms with Crippen LogP contribution in [-0.2, 0) is 28.4 Å². The molecule has 14 nitrogen and oxygen atoms in total. The van der Waals surface area contributed by atoms with Gasteiger partial charge in [0.1, 0.15) is 28.1 Å². The van der Waals surface area contributed by atoms with E-state index in [1.807, 2.05) is 0 Å². The minimum Gasteiger partial charge on any atom is -0.384 e. The number of aliphatic hydroxyl groups is 2. The highest BCUT2D eigenvalue weighted by Gasteiger charge is 2.73. The van der Waals surface area contributed by atoms with E-state index < -0.39 is 44.7 Å². The van der Waals surface area contributed by atoms with Crippen molar-refractivity contribution in [2.75, 3.05) is 6.61 Å². The van der Waals surface area contributed by atoms with Crippen molar-refractivity contribution >= 4 is 26.7 Å². The minimum absolute atomic E-state index is 0.333. The molecule has 3 rings (SSSR count). The number of fused-ring (bicyclic) bond motifs is 1. The fourth-order valence-corrected chi connectivity index (χ4v) is 5.70. The number of nitrogens with two attached hydrogens (primary N) is 1. The van der Waals surface area contributed by atoms with Gasteiger partial charge >= 0.3 is 15.6 Å². The summed E-state index contributed by atoms with van der Waals surface area (Å²) in [7, 11) is -9.96. The zero-order chi connectivity index (χ0) is 24.5. The van der Waals surface area contributed by atoms with Gasteiger partial charge in [0.25, 0.3) is 0 Å². The molecule has 180 valence electrons. The Morgan fingerprint density at radius 3 is 2.28 bits per heavy atom. The van der Waals surface area contributed by atoms with Crippen molar-refractivity contribution in [3.8, 4) is 0 Å². The zero-order valence-electron chi connectivity index (χ0n) is 18.4. The summed E-state index contributed by atoms with van der Waals surface area (Å²) in [6.45, 7) is 8.00. The number of phosphoric acid groups is 1. The third-order valence-electron chi connectivity index (χ3n) is 6.17. The monoisotopic (exact) mass is 495 g/mol. The summed E-state index contributed by atoms with van der Waals surface area (Å²) in [6, 6.07) is 0. The lowest BCUT2D eigenvalue weighted by Crippen LogP contribution is -2.63. The minimum atomic E-state index is -5.11. The van der Waals surface area contributed by atoms with E-state index in [-0.39, 0.29) is 0 Å². The first-order valence-electron chi connectivity index (χ1n) is 9.40. The molecular weight excluding hydrogens is 468 g/mol. The summed E-state index contributed by atoms with van der Waals surface area (Å²) in [5.41, 5.74) is -1.50. The van der Waals surface area contributed by atoms with Crippen molar-refractivity contribution in [3.05, 3.63) is 17.8 Å². The van der Waals surface area contributed by atoms with Crippen molar-refractivity contribution in [2.24, 2.45) is 5.50 Å². The van der Waals surface area contributed by atoms with Gasteiger partial charge in [0.15, 0.2) is 11.4 Å². The van der Waals surface area contributed by atoms with E-state index in [9.17, 15) is 24.2 Å². The maximum absolute atomic E-state index is 12.0. The summed E-state index contributed by atoms with van der Waals surface area (Å²) < 4.78 is 39.5. The quantitative estimate of drug-likeness (QED) is 0.348. The Hall–Kier alpha value is -1.31. The Labute approximate surface area is 183 Å². The molecule has 2 aromatic rings. The van der Waals surface area contributed by atoms with Gasteiger partial charge in [-0.05, 0) is 41.5 Å². The first-order chi connectivity index (χ1) is 14.3. The average molecular weight is 495 g/mol. The van der Waals surface area contributed by atoms with Crippen LogP contribution in [0.4, 0.5) is 0 Å². The molecular formula is C16H27N5O9P2. The predicted molar refractivity (Wildman–Crippen MR) is 110 cm³/mol. The van der Waals surface area contributed by atoms with Crippen molar-refractivity contribution in [1.82, 2.24) is 19.5 Å². The molecule has 2 aromatic heterocycles. The van der Waals surface area contributed by atoms with Crippen molar-refractivity contribution in [1.29, 1.82) is 0 Å². The van der Waals surface area contributed by atoms with Gasteiger partial charge in [-0.25, -0.2) is 29.6 Å². The smallest absolute Gasteiger partial charge is 0.384 e. The molecule has 0 radical (unpaired) electrons. The molecule has 3 heterocycles. The summed E-state index contributed by atoms with van der Waals surface area (Å²) in [5, 5.41) is 22.8. The summed E-state index contributed by atoms with van der Waals surface area (Å²) >= 11 is 0. The largest absolute Gasteiger partial charge is 0.480 e. The van der Waals surface area contributed by atoms with Crippen LogP contribution in [0, 0.1) is 13.8 Å². The fourth-order valence-electron chi connectivity index (χ4n) is 3.92. The molecule has 6 unspecified atom stereocenters. The first-order valence-corrected chi connectivity index (χ1v) is 12.5. The molecule has 0 saturated carbocycles. The van der Waals surface area contributed by atoms with Crippen LogP contribution in [0.15, 0.2) is 6.33 Å². The Morgan fingerprint density at radius 1 is 1.12 bits per heavy atom. The Balaban J connectivity index is 2.06. The van der Waals surface area contributed by atoms with Gasteiger partial charge < -0.3 is 24.7 Å². The van der Waals surface area contributed by atoms with E-state index in [0.717, 1.165) is 0 Å². The maximum atomic E-state index is 12.0.